The minimum Gasteiger partial charge on any atom is -0.339 e. The zero-order valence-corrected chi connectivity index (χ0v) is 18.0. The van der Waals surface area contributed by atoms with Crippen molar-refractivity contribution in [3.8, 4) is 11.1 Å². The summed E-state index contributed by atoms with van der Waals surface area (Å²) in [6.07, 6.45) is 3.56. The van der Waals surface area contributed by atoms with Gasteiger partial charge in [-0.25, -0.2) is 9.37 Å². The van der Waals surface area contributed by atoms with Crippen LogP contribution < -0.4 is 5.56 Å². The lowest BCUT2D eigenvalue weighted by Crippen LogP contribution is -2.29. The molecule has 1 aliphatic heterocycles. The number of amides is 1. The molecule has 7 heteroatoms. The molecule has 32 heavy (non-hydrogen) atoms. The van der Waals surface area contributed by atoms with Gasteiger partial charge in [-0.2, -0.15) is 0 Å². The molecule has 2 aromatic heterocycles. The van der Waals surface area contributed by atoms with Crippen LogP contribution in [0.4, 0.5) is 4.39 Å². The Balaban J connectivity index is 1.64. The Labute approximate surface area is 187 Å². The molecule has 1 saturated heterocycles. The molecular formula is C25H20FN3O2S. The first kappa shape index (κ1) is 20.3. The van der Waals surface area contributed by atoms with Crippen molar-refractivity contribution in [2.45, 2.75) is 12.8 Å². The molecule has 0 aliphatic carbocycles. The molecule has 0 spiro atoms. The van der Waals surface area contributed by atoms with E-state index in [0.717, 1.165) is 24.0 Å². The molecule has 0 atom stereocenters. The molecule has 0 bridgehead atoms. The molecule has 1 amide bonds. The average Bonchev–Trinajstić information content (AvgIpc) is 3.49. The van der Waals surface area contributed by atoms with E-state index in [1.165, 1.54) is 23.5 Å². The van der Waals surface area contributed by atoms with Gasteiger partial charge in [0.15, 0.2) is 0 Å². The molecule has 1 aliphatic rings. The average molecular weight is 446 g/mol. The normalized spacial score (nSPS) is 14.3. The largest absolute Gasteiger partial charge is 0.339 e. The highest BCUT2D eigenvalue weighted by Gasteiger charge is 2.25. The number of likely N-dealkylation sites (tertiary alicyclic amines) is 1. The van der Waals surface area contributed by atoms with Crippen LogP contribution in [-0.4, -0.2) is 33.9 Å². The van der Waals surface area contributed by atoms with Crippen molar-refractivity contribution >= 4 is 39.1 Å². The molecule has 0 radical (unpaired) electrons. The Bertz CT molecular complexity index is 1370. The second-order valence-electron chi connectivity index (χ2n) is 7.72. The van der Waals surface area contributed by atoms with Crippen molar-refractivity contribution in [1.29, 1.82) is 0 Å². The van der Waals surface area contributed by atoms with Gasteiger partial charge in [0, 0.05) is 24.0 Å². The summed E-state index contributed by atoms with van der Waals surface area (Å²) in [5.41, 5.74) is 2.43. The quantitative estimate of drug-likeness (QED) is 0.452. The first-order valence-corrected chi connectivity index (χ1v) is 11.3. The van der Waals surface area contributed by atoms with Gasteiger partial charge >= 0.3 is 0 Å². The fourth-order valence-electron chi connectivity index (χ4n) is 3.95. The number of hydrogen-bond acceptors (Lipinski definition) is 4. The number of nitrogens with one attached hydrogen (secondary N) is 1. The zero-order chi connectivity index (χ0) is 22.1. The van der Waals surface area contributed by atoms with Crippen LogP contribution >= 0.6 is 11.3 Å². The predicted octanol–water partition coefficient (Wildman–Crippen LogP) is 4.95. The molecule has 3 heterocycles. The highest BCUT2D eigenvalue weighted by Crippen LogP contribution is 2.31. The van der Waals surface area contributed by atoms with E-state index in [2.05, 4.69) is 9.97 Å². The maximum absolute atomic E-state index is 13.4. The van der Waals surface area contributed by atoms with Crippen LogP contribution in [0.1, 0.15) is 24.2 Å². The Morgan fingerprint density at radius 1 is 1.06 bits per heavy atom. The molecule has 160 valence electrons. The number of aromatic nitrogens is 2. The van der Waals surface area contributed by atoms with Gasteiger partial charge < -0.3 is 9.88 Å². The van der Waals surface area contributed by atoms with Crippen molar-refractivity contribution < 1.29 is 9.18 Å². The number of hydrogen-bond donors (Lipinski definition) is 1. The molecule has 5 nitrogen and oxygen atoms in total. The number of H-pyrrole nitrogens is 1. The molecule has 4 aromatic rings. The number of rotatable bonds is 4. The van der Waals surface area contributed by atoms with Crippen LogP contribution in [0.25, 0.3) is 33.0 Å². The fourth-order valence-corrected chi connectivity index (χ4v) is 4.90. The first-order valence-electron chi connectivity index (χ1n) is 10.4. The number of benzene rings is 2. The summed E-state index contributed by atoms with van der Waals surface area (Å²) in [6.45, 7) is 1.34. The standard InChI is InChI=1S/C25H20FN3O2S/c26-18-10-8-16(9-11-18)14-19(25(31)29-12-4-5-13-29)22-27-23(30)21-20(15-32-24(21)28-22)17-6-2-1-3-7-17/h1-3,6-11,14-15H,4-5,12-13H2,(H,27,28,30). The smallest absolute Gasteiger partial charge is 0.260 e. The van der Waals surface area contributed by atoms with E-state index in [0.29, 0.717) is 34.4 Å². The summed E-state index contributed by atoms with van der Waals surface area (Å²) < 4.78 is 13.4. The van der Waals surface area contributed by atoms with Gasteiger partial charge in [-0.15, -0.1) is 11.3 Å². The van der Waals surface area contributed by atoms with Gasteiger partial charge in [0.25, 0.3) is 11.5 Å². The maximum Gasteiger partial charge on any atom is 0.260 e. The van der Waals surface area contributed by atoms with E-state index in [1.807, 2.05) is 35.7 Å². The topological polar surface area (TPSA) is 66.1 Å². The Morgan fingerprint density at radius 3 is 2.50 bits per heavy atom. The number of thiophene rings is 1. The van der Waals surface area contributed by atoms with Gasteiger partial charge in [-0.3, -0.25) is 9.59 Å². The van der Waals surface area contributed by atoms with Gasteiger partial charge in [-0.1, -0.05) is 42.5 Å². The van der Waals surface area contributed by atoms with E-state index in [4.69, 9.17) is 0 Å². The van der Waals surface area contributed by atoms with Crippen molar-refractivity contribution in [3.05, 3.63) is 87.5 Å². The summed E-state index contributed by atoms with van der Waals surface area (Å²) in [5, 5.41) is 2.43. The summed E-state index contributed by atoms with van der Waals surface area (Å²) in [7, 11) is 0. The highest BCUT2D eigenvalue weighted by molar-refractivity contribution is 7.17. The molecule has 1 fully saturated rings. The van der Waals surface area contributed by atoms with Crippen LogP contribution in [0.5, 0.6) is 0 Å². The van der Waals surface area contributed by atoms with Crippen molar-refractivity contribution in [2.75, 3.05) is 13.1 Å². The van der Waals surface area contributed by atoms with Crippen LogP contribution in [0.2, 0.25) is 0 Å². The van der Waals surface area contributed by atoms with Crippen molar-refractivity contribution in [1.82, 2.24) is 14.9 Å². The lowest BCUT2D eigenvalue weighted by Gasteiger charge is -2.17. The Hall–Kier alpha value is -3.58. The Morgan fingerprint density at radius 2 is 1.78 bits per heavy atom. The van der Waals surface area contributed by atoms with E-state index in [9.17, 15) is 14.0 Å². The molecule has 0 unspecified atom stereocenters. The second-order valence-corrected chi connectivity index (χ2v) is 8.58. The van der Waals surface area contributed by atoms with Crippen LogP contribution in [0.15, 0.2) is 64.8 Å². The number of carbonyl (C=O) groups excluding carboxylic acids is 1. The van der Waals surface area contributed by atoms with Crippen molar-refractivity contribution in [3.63, 3.8) is 0 Å². The third kappa shape index (κ3) is 3.87. The van der Waals surface area contributed by atoms with Gasteiger partial charge in [-0.05, 0) is 42.2 Å². The minimum atomic E-state index is -0.352. The Kier molecular flexibility index (Phi) is 5.41. The zero-order valence-electron chi connectivity index (χ0n) is 17.2. The number of halogens is 1. The van der Waals surface area contributed by atoms with Crippen LogP contribution in [0.3, 0.4) is 0 Å². The van der Waals surface area contributed by atoms with Gasteiger partial charge in [0.1, 0.15) is 16.5 Å². The van der Waals surface area contributed by atoms with E-state index in [1.54, 1.807) is 23.1 Å². The lowest BCUT2D eigenvalue weighted by atomic mass is 10.1. The van der Waals surface area contributed by atoms with Crippen LogP contribution in [-0.2, 0) is 4.79 Å². The van der Waals surface area contributed by atoms with Gasteiger partial charge in [0.05, 0.1) is 11.0 Å². The number of nitrogens with zero attached hydrogens (tertiary/aromatic N) is 2. The molecular weight excluding hydrogens is 425 g/mol. The molecule has 5 rings (SSSR count). The summed E-state index contributed by atoms with van der Waals surface area (Å²) in [4.78, 5) is 36.3. The third-order valence-corrected chi connectivity index (χ3v) is 6.46. The van der Waals surface area contributed by atoms with E-state index < -0.39 is 0 Å². The molecule has 0 saturated carbocycles. The fraction of sp³-hybridized carbons (Fsp3) is 0.160. The maximum atomic E-state index is 13.4. The van der Waals surface area contributed by atoms with Gasteiger partial charge in [0.2, 0.25) is 0 Å². The third-order valence-electron chi connectivity index (χ3n) is 5.59. The predicted molar refractivity (Wildman–Crippen MR) is 126 cm³/mol. The molecule has 2 aromatic carbocycles. The summed E-state index contributed by atoms with van der Waals surface area (Å²) >= 11 is 1.37. The number of aromatic amines is 1. The monoisotopic (exact) mass is 445 g/mol. The number of carbonyl (C=O) groups is 1. The SMILES string of the molecule is O=C(C(=Cc1ccc(F)cc1)c1nc2scc(-c3ccccc3)c2c(=O)[nH]1)N1CCCC1. The number of fused-ring (bicyclic) bond motifs is 1. The van der Waals surface area contributed by atoms with E-state index >= 15 is 0 Å². The van der Waals surface area contributed by atoms with E-state index in [-0.39, 0.29) is 23.1 Å². The highest BCUT2D eigenvalue weighted by atomic mass is 32.1. The lowest BCUT2D eigenvalue weighted by molar-refractivity contribution is -0.123. The summed E-state index contributed by atoms with van der Waals surface area (Å²) in [5.74, 6) is -0.311. The van der Waals surface area contributed by atoms with Crippen LogP contribution in [0, 0.1) is 5.82 Å². The van der Waals surface area contributed by atoms with Crippen molar-refractivity contribution in [2.24, 2.45) is 0 Å². The summed E-state index contributed by atoms with van der Waals surface area (Å²) in [6, 6.07) is 15.6. The second kappa shape index (κ2) is 8.51. The first-order chi connectivity index (χ1) is 15.6. The molecule has 1 N–H and O–H groups in total. The minimum absolute atomic E-state index is 0.186.